The molecule has 0 saturated carbocycles. The highest BCUT2D eigenvalue weighted by Gasteiger charge is 2.30. The summed E-state index contributed by atoms with van der Waals surface area (Å²) in [6.45, 7) is 6.37. The third kappa shape index (κ3) is 1.30. The molecule has 2 nitrogen and oxygen atoms in total. The minimum atomic E-state index is 0.0312. The molecule has 0 amide bonds. The van der Waals surface area contributed by atoms with E-state index in [2.05, 4.69) is 32.0 Å². The lowest BCUT2D eigenvalue weighted by Gasteiger charge is -2.11. The van der Waals surface area contributed by atoms with E-state index in [1.165, 1.54) is 5.56 Å². The molecule has 1 aliphatic heterocycles. The van der Waals surface area contributed by atoms with Gasteiger partial charge in [-0.25, -0.2) is 0 Å². The predicted molar refractivity (Wildman–Crippen MR) is 57.5 cm³/mol. The van der Waals surface area contributed by atoms with Gasteiger partial charge in [-0.3, -0.25) is 0 Å². The van der Waals surface area contributed by atoms with Crippen molar-refractivity contribution in [3.8, 4) is 5.75 Å². The van der Waals surface area contributed by atoms with E-state index in [-0.39, 0.29) is 12.1 Å². The van der Waals surface area contributed by atoms with Gasteiger partial charge >= 0.3 is 0 Å². The quantitative estimate of drug-likeness (QED) is 0.740. The lowest BCUT2D eigenvalue weighted by molar-refractivity contribution is 0.226. The molecule has 0 spiro atoms. The van der Waals surface area contributed by atoms with Crippen molar-refractivity contribution in [1.82, 2.24) is 0 Å². The molecule has 0 fully saturated rings. The zero-order valence-corrected chi connectivity index (χ0v) is 8.95. The van der Waals surface area contributed by atoms with E-state index in [9.17, 15) is 0 Å². The second-order valence-electron chi connectivity index (χ2n) is 4.27. The average molecular weight is 191 g/mol. The maximum absolute atomic E-state index is 6.03. The fraction of sp³-hybridized carbons (Fsp3) is 0.500. The Bertz CT molecular complexity index is 346. The first-order valence-electron chi connectivity index (χ1n) is 5.16. The number of nitrogens with two attached hydrogens (primary N) is 1. The van der Waals surface area contributed by atoms with Crippen LogP contribution in [0.15, 0.2) is 18.2 Å². The summed E-state index contributed by atoms with van der Waals surface area (Å²) in [6, 6.07) is 6.28. The van der Waals surface area contributed by atoms with Crippen LogP contribution in [0, 0.1) is 0 Å². The van der Waals surface area contributed by atoms with Gasteiger partial charge in [0.25, 0.3) is 0 Å². The number of rotatable bonds is 1. The summed E-state index contributed by atoms with van der Waals surface area (Å²) in [4.78, 5) is 0. The monoisotopic (exact) mass is 191 g/mol. The second-order valence-corrected chi connectivity index (χ2v) is 4.27. The molecule has 0 aliphatic carbocycles. The molecule has 1 aromatic carbocycles. The van der Waals surface area contributed by atoms with E-state index in [1.807, 2.05) is 6.92 Å². The highest BCUT2D eigenvalue weighted by Crippen LogP contribution is 2.40. The van der Waals surface area contributed by atoms with E-state index in [0.717, 1.165) is 11.3 Å². The van der Waals surface area contributed by atoms with E-state index >= 15 is 0 Å². The van der Waals surface area contributed by atoms with Gasteiger partial charge in [0.15, 0.2) is 0 Å². The SMILES string of the molecule is CC(C)c1cccc2c1OC(C)C2N. The summed E-state index contributed by atoms with van der Waals surface area (Å²) < 4.78 is 5.79. The topological polar surface area (TPSA) is 35.2 Å². The zero-order chi connectivity index (χ0) is 10.3. The van der Waals surface area contributed by atoms with Gasteiger partial charge in [-0.15, -0.1) is 0 Å². The molecule has 2 N–H and O–H groups in total. The van der Waals surface area contributed by atoms with E-state index in [0.29, 0.717) is 5.92 Å². The average Bonchev–Trinajstić information content (AvgIpc) is 2.43. The molecule has 14 heavy (non-hydrogen) atoms. The minimum absolute atomic E-state index is 0.0312. The maximum Gasteiger partial charge on any atom is 0.128 e. The lowest BCUT2D eigenvalue weighted by atomic mass is 9.97. The van der Waals surface area contributed by atoms with Gasteiger partial charge in [0.05, 0.1) is 6.04 Å². The number of benzene rings is 1. The Labute approximate surface area is 85.1 Å². The molecule has 0 saturated heterocycles. The normalized spacial score (nSPS) is 24.9. The zero-order valence-electron chi connectivity index (χ0n) is 8.95. The van der Waals surface area contributed by atoms with Gasteiger partial charge in [0.2, 0.25) is 0 Å². The Hall–Kier alpha value is -1.02. The van der Waals surface area contributed by atoms with Crippen molar-refractivity contribution in [2.75, 3.05) is 0 Å². The molecule has 2 heteroatoms. The van der Waals surface area contributed by atoms with Gasteiger partial charge in [0.1, 0.15) is 11.9 Å². The van der Waals surface area contributed by atoms with Crippen LogP contribution in [0.5, 0.6) is 5.75 Å². The molecule has 2 unspecified atom stereocenters. The van der Waals surface area contributed by atoms with Crippen LogP contribution >= 0.6 is 0 Å². The third-order valence-electron chi connectivity index (χ3n) is 2.87. The summed E-state index contributed by atoms with van der Waals surface area (Å²) >= 11 is 0. The third-order valence-corrected chi connectivity index (χ3v) is 2.87. The number of fused-ring (bicyclic) bond motifs is 1. The Morgan fingerprint density at radius 3 is 2.71 bits per heavy atom. The first-order valence-corrected chi connectivity index (χ1v) is 5.16. The van der Waals surface area contributed by atoms with Crippen LogP contribution in [-0.2, 0) is 0 Å². The summed E-state index contributed by atoms with van der Waals surface area (Å²) in [5, 5.41) is 0. The molecule has 0 aromatic heterocycles. The number of para-hydroxylation sites is 1. The van der Waals surface area contributed by atoms with Crippen LogP contribution in [0.4, 0.5) is 0 Å². The van der Waals surface area contributed by atoms with Crippen molar-refractivity contribution in [3.05, 3.63) is 29.3 Å². The Morgan fingerprint density at radius 1 is 1.36 bits per heavy atom. The maximum atomic E-state index is 6.03. The van der Waals surface area contributed by atoms with Gasteiger partial charge in [-0.1, -0.05) is 32.0 Å². The van der Waals surface area contributed by atoms with Crippen molar-refractivity contribution >= 4 is 0 Å². The fourth-order valence-corrected chi connectivity index (χ4v) is 1.94. The standard InChI is InChI=1S/C12H17NO/c1-7(2)9-5-4-6-10-11(13)8(3)14-12(9)10/h4-8,11H,13H2,1-3H3. The Kier molecular flexibility index (Phi) is 2.23. The molecule has 2 rings (SSSR count). The van der Waals surface area contributed by atoms with Crippen LogP contribution < -0.4 is 10.5 Å². The molecular weight excluding hydrogens is 174 g/mol. The molecule has 0 bridgehead atoms. The number of hydrogen-bond donors (Lipinski definition) is 1. The van der Waals surface area contributed by atoms with Crippen LogP contribution in [0.25, 0.3) is 0 Å². The minimum Gasteiger partial charge on any atom is -0.488 e. The number of hydrogen-bond acceptors (Lipinski definition) is 2. The van der Waals surface area contributed by atoms with Crippen molar-refractivity contribution < 1.29 is 4.74 Å². The second kappa shape index (κ2) is 3.28. The summed E-state index contributed by atoms with van der Waals surface area (Å²) in [5.74, 6) is 1.50. The van der Waals surface area contributed by atoms with Gasteiger partial charge in [-0.05, 0) is 18.4 Å². The first-order chi connectivity index (χ1) is 6.61. The molecule has 0 radical (unpaired) electrons. The molecule has 2 atom stereocenters. The van der Waals surface area contributed by atoms with E-state index < -0.39 is 0 Å². The Balaban J connectivity index is 2.50. The Morgan fingerprint density at radius 2 is 2.07 bits per heavy atom. The van der Waals surface area contributed by atoms with Gasteiger partial charge in [0, 0.05) is 5.56 Å². The number of ether oxygens (including phenoxy) is 1. The molecule has 1 aromatic rings. The van der Waals surface area contributed by atoms with Crippen LogP contribution in [-0.4, -0.2) is 6.10 Å². The van der Waals surface area contributed by atoms with Crippen molar-refractivity contribution in [2.45, 2.75) is 38.8 Å². The molecular formula is C12H17NO. The van der Waals surface area contributed by atoms with Crippen LogP contribution in [0.1, 0.15) is 43.9 Å². The predicted octanol–water partition coefficient (Wildman–Crippen LogP) is 2.59. The lowest BCUT2D eigenvalue weighted by Crippen LogP contribution is -2.21. The smallest absolute Gasteiger partial charge is 0.128 e. The summed E-state index contributed by atoms with van der Waals surface area (Å²) in [7, 11) is 0. The summed E-state index contributed by atoms with van der Waals surface area (Å²) in [5.41, 5.74) is 8.46. The highest BCUT2D eigenvalue weighted by molar-refractivity contribution is 5.48. The van der Waals surface area contributed by atoms with Gasteiger partial charge in [-0.2, -0.15) is 0 Å². The molecule has 76 valence electrons. The van der Waals surface area contributed by atoms with Crippen molar-refractivity contribution in [2.24, 2.45) is 5.73 Å². The van der Waals surface area contributed by atoms with Crippen LogP contribution in [0.3, 0.4) is 0 Å². The molecule has 1 heterocycles. The van der Waals surface area contributed by atoms with E-state index in [1.54, 1.807) is 0 Å². The fourth-order valence-electron chi connectivity index (χ4n) is 1.94. The van der Waals surface area contributed by atoms with Gasteiger partial charge < -0.3 is 10.5 Å². The van der Waals surface area contributed by atoms with E-state index in [4.69, 9.17) is 10.5 Å². The first kappa shape index (κ1) is 9.53. The van der Waals surface area contributed by atoms with Crippen molar-refractivity contribution in [1.29, 1.82) is 0 Å². The van der Waals surface area contributed by atoms with Crippen LogP contribution in [0.2, 0.25) is 0 Å². The molecule has 1 aliphatic rings. The van der Waals surface area contributed by atoms with Crippen molar-refractivity contribution in [3.63, 3.8) is 0 Å². The highest BCUT2D eigenvalue weighted by atomic mass is 16.5. The summed E-state index contributed by atoms with van der Waals surface area (Å²) in [6.07, 6.45) is 0.102. The largest absolute Gasteiger partial charge is 0.488 e.